The maximum absolute atomic E-state index is 13.1. The molecule has 8 aromatic rings. The van der Waals surface area contributed by atoms with Gasteiger partial charge in [-0.1, -0.05) is 135 Å². The molecule has 4 aromatic heterocycles. The first kappa shape index (κ1) is 82.6. The summed E-state index contributed by atoms with van der Waals surface area (Å²) in [5, 5.41) is 10.9. The molecular formula is C77H88Cl2N8O16+2. The summed E-state index contributed by atoms with van der Waals surface area (Å²) >= 11 is 0. The zero-order valence-electron chi connectivity index (χ0n) is 58.3. The summed E-state index contributed by atoms with van der Waals surface area (Å²) in [6.07, 6.45) is 14.8. The number of ether oxygens (including phenoxy) is 7. The first-order chi connectivity index (χ1) is 48.7. The normalized spacial score (nSPS) is 12.2. The van der Waals surface area contributed by atoms with Crippen molar-refractivity contribution in [2.24, 2.45) is 11.8 Å². The molecule has 0 spiro atoms. The number of halogens is 2. The fourth-order valence-corrected chi connectivity index (χ4v) is 10.3. The van der Waals surface area contributed by atoms with Crippen molar-refractivity contribution in [1.82, 2.24) is 21.3 Å². The molecule has 4 N–H and O–H groups in total. The molecule has 0 aliphatic rings. The molecule has 26 heteroatoms. The van der Waals surface area contributed by atoms with Gasteiger partial charge in [0.25, 0.3) is 38.7 Å². The first-order valence-corrected chi connectivity index (χ1v) is 33.1. The number of pyridine rings is 4. The van der Waals surface area contributed by atoms with Gasteiger partial charge < -0.3 is 79.2 Å². The van der Waals surface area contributed by atoms with Gasteiger partial charge >= 0.3 is 42.0 Å². The molecule has 4 heterocycles. The minimum atomic E-state index is -1.32. The van der Waals surface area contributed by atoms with Gasteiger partial charge in [-0.3, -0.25) is 19.2 Å². The molecule has 544 valence electrons. The topological polar surface area (TPSA) is 282 Å². The number of methoxy groups -OCH3 is 1. The van der Waals surface area contributed by atoms with Crippen molar-refractivity contribution in [3.05, 3.63) is 264 Å². The van der Waals surface area contributed by atoms with E-state index in [0.29, 0.717) is 18.4 Å². The zero-order chi connectivity index (χ0) is 72.3. The molecule has 24 nitrogen and oxygen atoms in total. The highest BCUT2D eigenvalue weighted by Gasteiger charge is 2.27. The Balaban J connectivity index is 0.000000364. The van der Waals surface area contributed by atoms with Gasteiger partial charge in [-0.05, 0) is 105 Å². The second-order valence-electron chi connectivity index (χ2n) is 24.4. The van der Waals surface area contributed by atoms with E-state index >= 15 is 0 Å². The second-order valence-corrected chi connectivity index (χ2v) is 24.4. The van der Waals surface area contributed by atoms with Crippen LogP contribution in [0.25, 0.3) is 0 Å². The highest BCUT2D eigenvalue weighted by molar-refractivity contribution is 5.97. The standard InChI is InChI=1S/C39H42N4O9.C38H42N4O7.2ClH/c1-28(20-30-12-6-4-7-13-30)21-35(44)51-26-42-18-10-16-32(23-42)36(45)41-34(38(47)49-3)25-50-37(46)33-17-11-19-43(24-33)27-52-39(48)40-29(2)22-31-14-8-5-9-15-31;1-28(20-31-12-6-4-7-13-31)21-35(43)48-26-41-18-10-16-33(23-41)36(44)39-30(3)25-47-37(45)34-17-11-19-42(24-34)27-49-38(46)40-29(2)22-32-14-8-5-9-15-32;;/h4-19,23-24,28-29,34H,20-22,25-27H2,1-3H3;4-19,23-24,28-30H,20-22,25-27H2,1-3H3;2*1H/p+2/t28-,29-,34-;28-,29-,30+;;/m00../s1. The van der Waals surface area contributed by atoms with E-state index in [1.54, 1.807) is 83.4 Å². The number of aromatic nitrogens is 4. The summed E-state index contributed by atoms with van der Waals surface area (Å²) in [7, 11) is 1.15. The molecule has 6 atom stereocenters. The minimum Gasteiger partial charge on any atom is -1.00 e. The number of benzene rings is 4. The number of carbonyl (C=O) groups is 9. The lowest BCUT2D eigenvalue weighted by Gasteiger charge is -2.16. The van der Waals surface area contributed by atoms with Crippen LogP contribution in [0.2, 0.25) is 0 Å². The van der Waals surface area contributed by atoms with Gasteiger partial charge in [0.1, 0.15) is 35.5 Å². The van der Waals surface area contributed by atoms with E-state index in [-0.39, 0.29) is 130 Å². The van der Waals surface area contributed by atoms with Crippen molar-refractivity contribution < 1.29 is 119 Å². The van der Waals surface area contributed by atoms with Crippen LogP contribution in [0.5, 0.6) is 0 Å². The number of alkyl carbamates (subject to hydrolysis) is 2. The Kier molecular flexibility index (Phi) is 35.4. The molecule has 8 rings (SSSR count). The van der Waals surface area contributed by atoms with E-state index in [0.717, 1.165) is 36.6 Å². The van der Waals surface area contributed by atoms with Gasteiger partial charge in [0.2, 0.25) is 0 Å². The van der Waals surface area contributed by atoms with E-state index < -0.39 is 54.7 Å². The van der Waals surface area contributed by atoms with Crippen LogP contribution in [0.15, 0.2) is 219 Å². The number of nitrogens with zero attached hydrogens (tertiary/aromatic N) is 4. The lowest BCUT2D eigenvalue weighted by molar-refractivity contribution is -0.727. The van der Waals surface area contributed by atoms with E-state index in [4.69, 9.17) is 33.2 Å². The zero-order valence-corrected chi connectivity index (χ0v) is 59.8. The number of hydrogen-bond donors (Lipinski definition) is 4. The number of rotatable bonds is 33. The van der Waals surface area contributed by atoms with E-state index in [1.165, 1.54) is 45.4 Å². The van der Waals surface area contributed by atoms with Gasteiger partial charge in [-0.15, -0.1) is 0 Å². The fraction of sp³-hybridized carbons (Fsp3) is 0.312. The van der Waals surface area contributed by atoms with Gasteiger partial charge in [0.15, 0.2) is 55.6 Å². The molecule has 0 fully saturated rings. The Bertz CT molecular complexity index is 4020. The average molecular weight is 1450 g/mol. The summed E-state index contributed by atoms with van der Waals surface area (Å²) in [6.45, 7) is 8.48. The molecule has 0 radical (unpaired) electrons. The average Bonchev–Trinajstić information content (AvgIpc) is 1.15. The Labute approximate surface area is 611 Å². The highest BCUT2D eigenvalue weighted by Crippen LogP contribution is 2.15. The highest BCUT2D eigenvalue weighted by atomic mass is 35.5. The van der Waals surface area contributed by atoms with Gasteiger partial charge in [-0.25, -0.2) is 24.0 Å². The van der Waals surface area contributed by atoms with Crippen molar-refractivity contribution in [2.75, 3.05) is 20.3 Å². The molecule has 0 bridgehead atoms. The first-order valence-electron chi connectivity index (χ1n) is 33.1. The summed E-state index contributed by atoms with van der Waals surface area (Å²) in [5.74, 6) is -3.69. The third-order valence-electron chi connectivity index (χ3n) is 15.3. The number of carbonyl (C=O) groups excluding carboxylic acids is 9. The van der Waals surface area contributed by atoms with Gasteiger partial charge in [0.05, 0.1) is 13.2 Å². The van der Waals surface area contributed by atoms with Gasteiger partial charge in [-0.2, -0.15) is 18.3 Å². The lowest BCUT2D eigenvalue weighted by Crippen LogP contribution is -3.00. The lowest BCUT2D eigenvalue weighted by atomic mass is 9.98. The number of hydrogen-bond acceptors (Lipinski definition) is 16. The summed E-state index contributed by atoms with van der Waals surface area (Å²) in [4.78, 5) is 114. The number of nitrogens with one attached hydrogen (secondary N) is 4. The SMILES string of the molecule is COC(=O)[C@H](COC(=O)c1ccc[n+](COC(=O)N[C@@H](C)Cc2ccccc2)c1)NC(=O)c1ccc[n+](COC(=O)C[C@@H](C)Cc2ccccc2)c1.C[C@H](CC(=O)OC[n+]1cccc(C(=O)N[C@H](C)COC(=O)c2ccc[n+](COC(=O)N[C@@H](C)Cc3ccccc3)c2)c1)Cc1ccccc1.[Cl-].[Cl-]. The molecule has 0 aliphatic carbocycles. The molecule has 4 aromatic carbocycles. The smallest absolute Gasteiger partial charge is 0.412 e. The predicted molar refractivity (Wildman–Crippen MR) is 366 cm³/mol. The fourth-order valence-electron chi connectivity index (χ4n) is 10.3. The Morgan fingerprint density at radius 3 is 1.04 bits per heavy atom. The van der Waals surface area contributed by atoms with Crippen LogP contribution in [-0.4, -0.2) is 98.3 Å². The Morgan fingerprint density at radius 2 is 0.670 bits per heavy atom. The molecule has 0 aliphatic heterocycles. The van der Waals surface area contributed by atoms with E-state index in [1.807, 2.05) is 149 Å². The monoisotopic (exact) mass is 1450 g/mol. The van der Waals surface area contributed by atoms with Crippen LogP contribution in [0.4, 0.5) is 9.59 Å². The van der Waals surface area contributed by atoms with Crippen molar-refractivity contribution in [2.45, 2.75) is 124 Å². The summed E-state index contributed by atoms with van der Waals surface area (Å²) < 4.78 is 43.2. The number of esters is 5. The maximum Gasteiger partial charge on any atom is 0.412 e. The quantitative estimate of drug-likeness (QED) is 0.0259. The van der Waals surface area contributed by atoms with Crippen LogP contribution >= 0.6 is 0 Å². The van der Waals surface area contributed by atoms with Crippen molar-refractivity contribution in [1.29, 1.82) is 0 Å². The van der Waals surface area contributed by atoms with Crippen LogP contribution in [-0.2, 0) is 100 Å². The maximum atomic E-state index is 13.1. The van der Waals surface area contributed by atoms with Crippen LogP contribution in [0.3, 0.4) is 0 Å². The molecule has 4 amide bonds. The van der Waals surface area contributed by atoms with E-state index in [2.05, 4.69) is 21.3 Å². The molecule has 0 saturated carbocycles. The van der Waals surface area contributed by atoms with Crippen LogP contribution in [0, 0.1) is 11.8 Å². The van der Waals surface area contributed by atoms with Crippen molar-refractivity contribution in [3.63, 3.8) is 0 Å². The van der Waals surface area contributed by atoms with E-state index in [9.17, 15) is 43.2 Å². The Hall–Kier alpha value is -11.1. The van der Waals surface area contributed by atoms with Gasteiger partial charge in [0, 0.05) is 49.2 Å². The Morgan fingerprint density at radius 1 is 0.350 bits per heavy atom. The third-order valence-corrected chi connectivity index (χ3v) is 15.3. The third kappa shape index (κ3) is 30.7. The van der Waals surface area contributed by atoms with Crippen molar-refractivity contribution in [3.8, 4) is 0 Å². The second kappa shape index (κ2) is 44.2. The largest absolute Gasteiger partial charge is 1.00 e. The van der Waals surface area contributed by atoms with Crippen LogP contribution in [0.1, 0.15) is 111 Å². The summed E-state index contributed by atoms with van der Waals surface area (Å²) in [5.41, 5.74) is 5.39. The molecular weight excluding hydrogens is 1360 g/mol. The number of amides is 4. The molecule has 0 unspecified atom stereocenters. The van der Waals surface area contributed by atoms with Crippen molar-refractivity contribution >= 4 is 53.8 Å². The summed E-state index contributed by atoms with van der Waals surface area (Å²) in [6, 6.07) is 50.1. The van der Waals surface area contributed by atoms with Crippen LogP contribution < -0.4 is 64.3 Å². The molecule has 0 saturated heterocycles. The predicted octanol–water partition coefficient (Wildman–Crippen LogP) is 1.80. The minimum absolute atomic E-state index is 0. The molecule has 103 heavy (non-hydrogen) atoms.